The molecule has 2 atom stereocenters. The Labute approximate surface area is 59.7 Å². The minimum Gasteiger partial charge on any atom is -0.389 e. The molecule has 0 aromatic carbocycles. The molecule has 0 radical (unpaired) electrons. The van der Waals surface area contributed by atoms with Gasteiger partial charge in [0.25, 0.3) is 0 Å². The van der Waals surface area contributed by atoms with E-state index in [1.54, 1.807) is 6.92 Å². The third kappa shape index (κ3) is 2.43. The van der Waals surface area contributed by atoms with Crippen LogP contribution in [0.4, 0.5) is 0 Å². The minimum absolute atomic E-state index is 0.0904. The van der Waals surface area contributed by atoms with Crippen LogP contribution in [0.5, 0.6) is 0 Å². The fourth-order valence-corrected chi connectivity index (χ4v) is 0.553. The van der Waals surface area contributed by atoms with Gasteiger partial charge in [-0.1, -0.05) is 6.92 Å². The Hall–Kier alpha value is -0.450. The van der Waals surface area contributed by atoms with Crippen LogP contribution in [0, 0.1) is 0 Å². The van der Waals surface area contributed by atoms with Crippen LogP contribution in [0.3, 0.4) is 0 Å². The quantitative estimate of drug-likeness (QED) is 0.459. The number of carbonyl (C=O) groups excluding carboxylic acids is 1. The van der Waals surface area contributed by atoms with Crippen LogP contribution < -0.4 is 5.73 Å². The summed E-state index contributed by atoms with van der Waals surface area (Å²) in [5.74, 6) is -0.377. The topological polar surface area (TPSA) is 83.5 Å². The maximum Gasteiger partial charge on any atom is 0.163 e. The predicted octanol–water partition coefficient (Wildman–Crippen LogP) is -1.35. The average Bonchev–Trinajstić information content (AvgIpc) is 2.00. The van der Waals surface area contributed by atoms with E-state index in [0.29, 0.717) is 0 Å². The van der Waals surface area contributed by atoms with Crippen molar-refractivity contribution < 1.29 is 15.0 Å². The first kappa shape index (κ1) is 9.55. The second kappa shape index (κ2) is 4.38. The van der Waals surface area contributed by atoms with Crippen molar-refractivity contribution in [3.05, 3.63) is 0 Å². The molecule has 0 saturated carbocycles. The molecular formula is C6H13NO3. The van der Waals surface area contributed by atoms with E-state index in [2.05, 4.69) is 0 Å². The predicted molar refractivity (Wildman–Crippen MR) is 36.4 cm³/mol. The van der Waals surface area contributed by atoms with Gasteiger partial charge in [-0.25, -0.2) is 0 Å². The van der Waals surface area contributed by atoms with Gasteiger partial charge in [0.15, 0.2) is 5.78 Å². The van der Waals surface area contributed by atoms with Crippen molar-refractivity contribution >= 4 is 5.78 Å². The zero-order chi connectivity index (χ0) is 8.15. The summed E-state index contributed by atoms with van der Waals surface area (Å²) < 4.78 is 0. The number of rotatable bonds is 4. The van der Waals surface area contributed by atoms with E-state index in [9.17, 15) is 4.79 Å². The van der Waals surface area contributed by atoms with E-state index in [-0.39, 0.29) is 18.7 Å². The first-order valence-electron chi connectivity index (χ1n) is 3.22. The first-order chi connectivity index (χ1) is 4.63. The second-order valence-corrected chi connectivity index (χ2v) is 2.07. The highest BCUT2D eigenvalue weighted by Gasteiger charge is 2.20. The molecule has 4 nitrogen and oxygen atoms in total. The number of aliphatic hydroxyl groups excluding tert-OH is 2. The van der Waals surface area contributed by atoms with Crippen molar-refractivity contribution in [2.45, 2.75) is 25.6 Å². The summed E-state index contributed by atoms with van der Waals surface area (Å²) in [6.45, 7) is 1.53. The van der Waals surface area contributed by atoms with Crippen molar-refractivity contribution in [3.63, 3.8) is 0 Å². The highest BCUT2D eigenvalue weighted by molar-refractivity contribution is 5.83. The minimum atomic E-state index is -1.31. The molecule has 4 heteroatoms. The van der Waals surface area contributed by atoms with Crippen molar-refractivity contribution in [1.29, 1.82) is 0 Å². The van der Waals surface area contributed by atoms with Crippen LogP contribution in [0.15, 0.2) is 0 Å². The van der Waals surface area contributed by atoms with Gasteiger partial charge < -0.3 is 15.9 Å². The summed E-state index contributed by atoms with van der Waals surface area (Å²) in [5, 5.41) is 17.7. The van der Waals surface area contributed by atoms with Gasteiger partial charge in [0, 0.05) is 13.0 Å². The van der Waals surface area contributed by atoms with Gasteiger partial charge >= 0.3 is 0 Å². The molecule has 0 aromatic rings. The molecule has 0 aliphatic rings. The highest BCUT2D eigenvalue weighted by atomic mass is 16.3. The summed E-state index contributed by atoms with van der Waals surface area (Å²) >= 11 is 0. The zero-order valence-electron chi connectivity index (χ0n) is 5.95. The molecule has 0 heterocycles. The molecule has 0 aliphatic heterocycles. The number of Topliss-reactive ketones (excluding diaryl/α,β-unsaturated/α-hetero) is 1. The van der Waals surface area contributed by atoms with Crippen molar-refractivity contribution in [2.75, 3.05) is 6.54 Å². The second-order valence-electron chi connectivity index (χ2n) is 2.07. The number of hydrogen-bond acceptors (Lipinski definition) is 4. The smallest absolute Gasteiger partial charge is 0.163 e. The lowest BCUT2D eigenvalue weighted by Gasteiger charge is -2.12. The SMILES string of the molecule is CCC(=O)C(O)C(O)CN. The van der Waals surface area contributed by atoms with E-state index in [4.69, 9.17) is 15.9 Å². The lowest BCUT2D eigenvalue weighted by atomic mass is 10.1. The van der Waals surface area contributed by atoms with E-state index >= 15 is 0 Å². The highest BCUT2D eigenvalue weighted by Crippen LogP contribution is 1.95. The Morgan fingerprint density at radius 3 is 2.40 bits per heavy atom. The van der Waals surface area contributed by atoms with Crippen LogP contribution >= 0.6 is 0 Å². The van der Waals surface area contributed by atoms with Crippen molar-refractivity contribution in [2.24, 2.45) is 5.73 Å². The van der Waals surface area contributed by atoms with Gasteiger partial charge in [-0.05, 0) is 0 Å². The summed E-state index contributed by atoms with van der Waals surface area (Å²) in [7, 11) is 0. The fraction of sp³-hybridized carbons (Fsp3) is 0.833. The molecule has 10 heavy (non-hydrogen) atoms. The average molecular weight is 147 g/mol. The molecular weight excluding hydrogens is 134 g/mol. The summed E-state index contributed by atoms with van der Waals surface area (Å²) in [4.78, 5) is 10.6. The number of aliphatic hydroxyl groups is 2. The van der Waals surface area contributed by atoms with Crippen LogP contribution in [0.25, 0.3) is 0 Å². The Morgan fingerprint density at radius 1 is 1.60 bits per heavy atom. The molecule has 0 rings (SSSR count). The molecule has 0 amide bonds. The Balaban J connectivity index is 3.81. The zero-order valence-corrected chi connectivity index (χ0v) is 5.95. The number of nitrogens with two attached hydrogens (primary N) is 1. The van der Waals surface area contributed by atoms with E-state index in [1.807, 2.05) is 0 Å². The number of carbonyl (C=O) groups is 1. The summed E-state index contributed by atoms with van der Waals surface area (Å²) in [6, 6.07) is 0. The molecule has 60 valence electrons. The van der Waals surface area contributed by atoms with E-state index in [1.165, 1.54) is 0 Å². The number of hydrogen-bond donors (Lipinski definition) is 3. The lowest BCUT2D eigenvalue weighted by Crippen LogP contribution is -2.38. The van der Waals surface area contributed by atoms with Crippen LogP contribution in [0.1, 0.15) is 13.3 Å². The number of ketones is 1. The van der Waals surface area contributed by atoms with Crippen molar-refractivity contribution in [3.8, 4) is 0 Å². The van der Waals surface area contributed by atoms with Gasteiger partial charge in [0.05, 0.1) is 6.10 Å². The molecule has 2 unspecified atom stereocenters. The van der Waals surface area contributed by atoms with Gasteiger partial charge in [-0.2, -0.15) is 0 Å². The van der Waals surface area contributed by atoms with Crippen molar-refractivity contribution in [1.82, 2.24) is 0 Å². The standard InChI is InChI=1S/C6H13NO3/c1-2-4(8)6(10)5(9)3-7/h5-6,9-10H,2-3,7H2,1H3. The van der Waals surface area contributed by atoms with Gasteiger partial charge in [0.2, 0.25) is 0 Å². The van der Waals surface area contributed by atoms with Gasteiger partial charge in [-0.3, -0.25) is 4.79 Å². The van der Waals surface area contributed by atoms with E-state index < -0.39 is 12.2 Å². The fourth-order valence-electron chi connectivity index (χ4n) is 0.553. The molecule has 0 fully saturated rings. The molecule has 0 bridgehead atoms. The molecule has 0 saturated heterocycles. The van der Waals surface area contributed by atoms with Crippen LogP contribution in [0.2, 0.25) is 0 Å². The Morgan fingerprint density at radius 2 is 2.10 bits per heavy atom. The summed E-state index contributed by atoms with van der Waals surface area (Å²) in [6.07, 6.45) is -2.21. The Kier molecular flexibility index (Phi) is 4.18. The third-order valence-corrected chi connectivity index (χ3v) is 1.28. The normalized spacial score (nSPS) is 16.4. The molecule has 0 spiro atoms. The lowest BCUT2D eigenvalue weighted by molar-refractivity contribution is -0.132. The molecule has 0 aromatic heterocycles. The molecule has 4 N–H and O–H groups in total. The maximum atomic E-state index is 10.6. The van der Waals surface area contributed by atoms with E-state index in [0.717, 1.165) is 0 Å². The maximum absolute atomic E-state index is 10.6. The first-order valence-corrected chi connectivity index (χ1v) is 3.22. The third-order valence-electron chi connectivity index (χ3n) is 1.28. The Bertz CT molecular complexity index is 116. The molecule has 0 aliphatic carbocycles. The van der Waals surface area contributed by atoms with Crippen LogP contribution in [-0.2, 0) is 4.79 Å². The van der Waals surface area contributed by atoms with Crippen LogP contribution in [-0.4, -0.2) is 34.7 Å². The largest absolute Gasteiger partial charge is 0.389 e. The van der Waals surface area contributed by atoms with Gasteiger partial charge in [0.1, 0.15) is 6.10 Å². The monoisotopic (exact) mass is 147 g/mol. The van der Waals surface area contributed by atoms with Gasteiger partial charge in [-0.15, -0.1) is 0 Å². The summed E-state index contributed by atoms with van der Waals surface area (Å²) in [5.41, 5.74) is 5.00.